The molecule has 4 N–H and O–H groups in total. The number of carboxylic acid groups (broad SMARTS) is 1. The summed E-state index contributed by atoms with van der Waals surface area (Å²) in [7, 11) is -4.78. The normalized spacial score (nSPS) is 14.4. The third kappa shape index (κ3) is 46.7. The van der Waals surface area contributed by atoms with Crippen molar-refractivity contribution in [3.05, 3.63) is 97.2 Å². The van der Waals surface area contributed by atoms with Crippen LogP contribution >= 0.6 is 7.82 Å². The molecule has 11 nitrogen and oxygen atoms in total. The molecular weight excluding hydrogens is 842 g/mol. The van der Waals surface area contributed by atoms with E-state index in [4.69, 9.17) is 13.8 Å². The molecule has 0 heterocycles. The zero-order chi connectivity index (χ0) is 47.7. The molecule has 0 saturated heterocycles. The Hall–Kier alpha value is -3.60. The van der Waals surface area contributed by atoms with E-state index in [1.807, 2.05) is 0 Å². The Morgan fingerprint density at radius 2 is 0.892 bits per heavy atom. The number of esters is 1. The van der Waals surface area contributed by atoms with Gasteiger partial charge in [-0.05, 0) is 96.3 Å². The van der Waals surface area contributed by atoms with Crippen LogP contribution < -0.4 is 5.32 Å². The van der Waals surface area contributed by atoms with Crippen molar-refractivity contribution in [1.29, 1.82) is 0 Å². The highest BCUT2D eigenvalue weighted by molar-refractivity contribution is 7.47. The van der Waals surface area contributed by atoms with Crippen molar-refractivity contribution in [2.24, 2.45) is 0 Å². The van der Waals surface area contributed by atoms with Crippen molar-refractivity contribution < 1.29 is 47.8 Å². The second-order valence-corrected chi connectivity index (χ2v) is 17.7. The van der Waals surface area contributed by atoms with Crippen molar-refractivity contribution in [3.8, 4) is 0 Å². The van der Waals surface area contributed by atoms with Gasteiger partial charge in [0.05, 0.1) is 13.2 Å². The number of aliphatic hydroxyl groups excluding tert-OH is 1. The minimum atomic E-state index is -4.78. The van der Waals surface area contributed by atoms with Gasteiger partial charge in [-0.1, -0.05) is 175 Å². The van der Waals surface area contributed by atoms with E-state index in [0.29, 0.717) is 12.8 Å². The minimum absolute atomic E-state index is 0.130. The summed E-state index contributed by atoms with van der Waals surface area (Å²) in [5, 5.41) is 21.9. The number of unbranched alkanes of at least 4 members (excludes halogenated alkanes) is 15. The molecule has 0 aromatic heterocycles. The fraction of sp³-hybridized carbons (Fsp3) is 0.642. The van der Waals surface area contributed by atoms with Crippen LogP contribution in [-0.4, -0.2) is 64.9 Å². The van der Waals surface area contributed by atoms with Crippen molar-refractivity contribution >= 4 is 25.7 Å². The molecule has 3 atom stereocenters. The lowest BCUT2D eigenvalue weighted by molar-refractivity contribution is -0.147. The van der Waals surface area contributed by atoms with Crippen LogP contribution in [0.1, 0.15) is 187 Å². The molecule has 0 spiro atoms. The fourth-order valence-corrected chi connectivity index (χ4v) is 7.06. The summed E-state index contributed by atoms with van der Waals surface area (Å²) >= 11 is 0. The number of phosphoric acid groups is 1. The van der Waals surface area contributed by atoms with Crippen molar-refractivity contribution in [2.75, 3.05) is 19.8 Å². The van der Waals surface area contributed by atoms with Crippen LogP contribution in [0.15, 0.2) is 97.2 Å². The summed E-state index contributed by atoms with van der Waals surface area (Å²) in [5.41, 5.74) is 0. The van der Waals surface area contributed by atoms with E-state index in [2.05, 4.69) is 116 Å². The summed E-state index contributed by atoms with van der Waals surface area (Å²) in [6.07, 6.45) is 59.9. The van der Waals surface area contributed by atoms with E-state index in [1.165, 1.54) is 32.1 Å². The van der Waals surface area contributed by atoms with Gasteiger partial charge >= 0.3 is 19.8 Å². The zero-order valence-electron chi connectivity index (χ0n) is 40.3. The number of rotatable bonds is 45. The van der Waals surface area contributed by atoms with Crippen LogP contribution in [-0.2, 0) is 32.7 Å². The Balaban J connectivity index is 3.93. The number of nitrogens with one attached hydrogen (secondary N) is 1. The van der Waals surface area contributed by atoms with Crippen LogP contribution in [0.3, 0.4) is 0 Å². The first-order valence-corrected chi connectivity index (χ1v) is 26.3. The van der Waals surface area contributed by atoms with Crippen molar-refractivity contribution in [2.45, 2.75) is 199 Å². The highest BCUT2D eigenvalue weighted by atomic mass is 31.2. The van der Waals surface area contributed by atoms with E-state index < -0.39 is 57.6 Å². The van der Waals surface area contributed by atoms with Crippen LogP contribution in [0.4, 0.5) is 0 Å². The molecule has 0 aliphatic rings. The number of carboxylic acids is 1. The first-order valence-electron chi connectivity index (χ1n) is 24.8. The maximum absolute atomic E-state index is 12.3. The van der Waals surface area contributed by atoms with E-state index in [1.54, 1.807) is 0 Å². The average Bonchev–Trinajstić information content (AvgIpc) is 3.28. The summed E-state index contributed by atoms with van der Waals surface area (Å²) in [6, 6.07) is -1.56. The lowest BCUT2D eigenvalue weighted by atomic mass is 10.1. The van der Waals surface area contributed by atoms with Gasteiger partial charge in [0, 0.05) is 12.8 Å². The summed E-state index contributed by atoms with van der Waals surface area (Å²) < 4.78 is 26.9. The highest BCUT2D eigenvalue weighted by Gasteiger charge is 2.28. The van der Waals surface area contributed by atoms with Gasteiger partial charge in [0.15, 0.2) is 6.04 Å². The van der Waals surface area contributed by atoms with Gasteiger partial charge in [-0.15, -0.1) is 0 Å². The molecule has 0 rings (SSSR count). The Morgan fingerprint density at radius 3 is 1.34 bits per heavy atom. The number of allylic oxidation sites excluding steroid dienone is 16. The zero-order valence-corrected chi connectivity index (χ0v) is 41.1. The molecular formula is C53H88NO10P. The average molecular weight is 930 g/mol. The number of aliphatic carboxylic acids is 1. The molecule has 0 saturated carbocycles. The number of hydrogen-bond donors (Lipinski definition) is 4. The first kappa shape index (κ1) is 61.4. The van der Waals surface area contributed by atoms with Crippen LogP contribution in [0.25, 0.3) is 0 Å². The fourth-order valence-electron chi connectivity index (χ4n) is 6.29. The Kier molecular flexibility index (Phi) is 44.3. The largest absolute Gasteiger partial charge is 0.480 e. The van der Waals surface area contributed by atoms with E-state index in [0.717, 1.165) is 116 Å². The summed E-state index contributed by atoms with van der Waals surface area (Å²) in [5.74, 6) is -2.42. The molecule has 0 radical (unpaired) electrons. The molecule has 0 aliphatic carbocycles. The Morgan fingerprint density at radius 1 is 0.508 bits per heavy atom. The molecule has 65 heavy (non-hydrogen) atoms. The highest BCUT2D eigenvalue weighted by Crippen LogP contribution is 2.43. The predicted octanol–water partition coefficient (Wildman–Crippen LogP) is 13.6. The molecule has 0 fully saturated rings. The van der Waals surface area contributed by atoms with Crippen LogP contribution in [0, 0.1) is 0 Å². The molecule has 1 amide bonds. The lowest BCUT2D eigenvalue weighted by Crippen LogP contribution is -2.43. The van der Waals surface area contributed by atoms with E-state index in [-0.39, 0.29) is 12.8 Å². The maximum atomic E-state index is 12.3. The molecule has 370 valence electrons. The van der Waals surface area contributed by atoms with Gasteiger partial charge in [-0.3, -0.25) is 18.6 Å². The third-order valence-corrected chi connectivity index (χ3v) is 11.1. The van der Waals surface area contributed by atoms with Gasteiger partial charge in [0.25, 0.3) is 0 Å². The second-order valence-electron chi connectivity index (χ2n) is 16.3. The second kappa shape index (κ2) is 46.9. The third-order valence-electron chi connectivity index (χ3n) is 10.1. The molecule has 0 aliphatic heterocycles. The Bertz CT molecular complexity index is 1460. The SMILES string of the molecule is CC/C=C\C/C=C\C/C=C\C/C=C\C/C=C\C/C=C\CCCCCCC(=O)OCC(O)COP(=O)(O)OCC(NC(=O)CCCCCCCCC/C=C\C/C=C\CCCCCC)C(=O)O. The lowest BCUT2D eigenvalue weighted by Gasteiger charge is -2.18. The van der Waals surface area contributed by atoms with E-state index >= 15 is 0 Å². The number of hydrogen-bond acceptors (Lipinski definition) is 8. The smallest absolute Gasteiger partial charge is 0.472 e. The maximum Gasteiger partial charge on any atom is 0.472 e. The monoisotopic (exact) mass is 930 g/mol. The van der Waals surface area contributed by atoms with Gasteiger partial charge in [0.2, 0.25) is 5.91 Å². The molecule has 12 heteroatoms. The number of aliphatic hydroxyl groups is 1. The van der Waals surface area contributed by atoms with Gasteiger partial charge < -0.3 is 25.2 Å². The topological polar surface area (TPSA) is 169 Å². The first-order chi connectivity index (χ1) is 31.6. The van der Waals surface area contributed by atoms with Crippen LogP contribution in [0.5, 0.6) is 0 Å². The van der Waals surface area contributed by atoms with Crippen molar-refractivity contribution in [3.63, 3.8) is 0 Å². The summed E-state index contributed by atoms with van der Waals surface area (Å²) in [6.45, 7) is 2.43. The number of ether oxygens (including phenoxy) is 1. The molecule has 0 aromatic carbocycles. The molecule has 3 unspecified atom stereocenters. The number of carbonyl (C=O) groups excluding carboxylic acids is 2. The Labute approximate surface area is 394 Å². The quantitative estimate of drug-likeness (QED) is 0.0200. The number of phosphoric ester groups is 1. The minimum Gasteiger partial charge on any atom is -0.480 e. The van der Waals surface area contributed by atoms with Gasteiger partial charge in [0.1, 0.15) is 12.7 Å². The predicted molar refractivity (Wildman–Crippen MR) is 267 cm³/mol. The van der Waals surface area contributed by atoms with E-state index in [9.17, 15) is 34.1 Å². The van der Waals surface area contributed by atoms with Gasteiger partial charge in [-0.25, -0.2) is 9.36 Å². The number of carbonyl (C=O) groups is 3. The van der Waals surface area contributed by atoms with Gasteiger partial charge in [-0.2, -0.15) is 0 Å². The number of amides is 1. The standard InChI is InChI=1S/C53H88NO10P/c1-3-5-7-9-11-13-15-17-19-21-23-24-25-26-27-29-31-33-35-37-39-41-43-45-52(57)62-46-49(55)47-63-65(60,61)64-48-50(53(58)59)54-51(56)44-42-40-38-36-34-32-30-28-22-20-18-16-14-12-10-8-6-4-2/h5,7,11,13-14,16-17,19-20,22-24,26-27,31,33,49-50,55H,3-4,6,8-10,12,15,18,21,25,28-30,32,34-48H2,1-2H3,(H,54,56)(H,58,59)(H,60,61)/b7-5-,13-11-,16-14-,19-17-,22-20-,24-23-,27-26-,33-31-. The molecule has 0 bridgehead atoms. The van der Waals surface area contributed by atoms with Crippen LogP contribution in [0.2, 0.25) is 0 Å². The molecule has 0 aromatic rings. The van der Waals surface area contributed by atoms with Crippen molar-refractivity contribution in [1.82, 2.24) is 5.32 Å². The summed E-state index contributed by atoms with van der Waals surface area (Å²) in [4.78, 5) is 46.1.